The Balaban J connectivity index is 2.38. The average molecular weight is 345 g/mol. The second-order valence-corrected chi connectivity index (χ2v) is 10.9. The van der Waals surface area contributed by atoms with Crippen LogP contribution in [0, 0.1) is 5.41 Å². The first kappa shape index (κ1) is 20.5. The van der Waals surface area contributed by atoms with Crippen molar-refractivity contribution in [3.63, 3.8) is 0 Å². The summed E-state index contributed by atoms with van der Waals surface area (Å²) in [6, 6.07) is 0. The Morgan fingerprint density at radius 3 is 2.26 bits per heavy atom. The Hall–Kier alpha value is -0.550. The summed E-state index contributed by atoms with van der Waals surface area (Å²) < 4.78 is 11.6. The zero-order valence-corrected chi connectivity index (χ0v) is 16.7. The molecule has 0 aliphatic heterocycles. The van der Waals surface area contributed by atoms with E-state index in [1.165, 1.54) is 19.3 Å². The minimum absolute atomic E-state index is 0.0462. The molecule has 0 bridgehead atoms. The molecule has 0 aromatic carbocycles. The second kappa shape index (κ2) is 8.02. The van der Waals surface area contributed by atoms with Crippen LogP contribution in [-0.2, 0) is 24.9 Å². The van der Waals surface area contributed by atoms with Gasteiger partial charge in [-0.05, 0) is 60.8 Å². The zero-order chi connectivity index (χ0) is 17.7. The van der Waals surface area contributed by atoms with Crippen LogP contribution in [0.1, 0.15) is 67.2 Å². The quantitative estimate of drug-likeness (QED) is 0.399. The first-order chi connectivity index (χ1) is 10.4. The number of carbonyl (C=O) groups is 1. The van der Waals surface area contributed by atoms with Crippen molar-refractivity contribution in [2.24, 2.45) is 10.4 Å². The van der Waals surface area contributed by atoms with Crippen LogP contribution in [0.3, 0.4) is 0 Å². The molecule has 0 spiro atoms. The molecule has 0 aromatic rings. The van der Waals surface area contributed by atoms with Crippen LogP contribution >= 0.6 is 0 Å². The summed E-state index contributed by atoms with van der Waals surface area (Å²) in [5, 5.41) is 0. The van der Waals surface area contributed by atoms with E-state index < -0.39 is 5.60 Å². The highest BCUT2D eigenvalue weighted by atomic mass is 32.2. The van der Waals surface area contributed by atoms with Crippen LogP contribution in [-0.4, -0.2) is 41.9 Å². The molecule has 0 aromatic heterocycles. The molecule has 1 atom stereocenters. The van der Waals surface area contributed by atoms with Gasteiger partial charge < -0.3 is 4.74 Å². The normalized spacial score (nSPS) is 19.4. The van der Waals surface area contributed by atoms with Crippen LogP contribution in [0.25, 0.3) is 0 Å². The molecular formula is C18H34NO3S+. The fourth-order valence-corrected chi connectivity index (χ4v) is 3.03. The van der Waals surface area contributed by atoms with Gasteiger partial charge in [0.2, 0.25) is 0 Å². The van der Waals surface area contributed by atoms with Gasteiger partial charge in [-0.2, -0.15) is 4.18 Å². The van der Waals surface area contributed by atoms with Gasteiger partial charge in [0.1, 0.15) is 36.2 Å². The first-order valence-corrected chi connectivity index (χ1v) is 9.99. The number of nitrogens with zero attached hydrogens (tertiary/aromatic N) is 1. The molecule has 5 heteroatoms. The molecule has 0 N–H and O–H groups in total. The van der Waals surface area contributed by atoms with Gasteiger partial charge in [-0.15, -0.1) is 0 Å². The lowest BCUT2D eigenvalue weighted by Gasteiger charge is -2.40. The Bertz CT molecular complexity index is 417. The summed E-state index contributed by atoms with van der Waals surface area (Å²) in [7, 11) is 0. The van der Waals surface area contributed by atoms with E-state index in [0.29, 0.717) is 0 Å². The second-order valence-electron chi connectivity index (χ2n) is 8.50. The van der Waals surface area contributed by atoms with Crippen molar-refractivity contribution in [1.29, 1.82) is 0 Å². The SMILES string of the molecule is C[S+](OCC1(CC=NCC(=O)OC(C)(C)C)CCC1)C(C)(C)C. The number of hydrogen-bond acceptors (Lipinski definition) is 4. The van der Waals surface area contributed by atoms with E-state index >= 15 is 0 Å². The highest BCUT2D eigenvalue weighted by Gasteiger charge is 2.41. The largest absolute Gasteiger partial charge is 0.459 e. The lowest BCUT2D eigenvalue weighted by Crippen LogP contribution is -2.38. The molecule has 0 heterocycles. The third-order valence-corrected chi connectivity index (χ3v) is 6.31. The van der Waals surface area contributed by atoms with Gasteiger partial charge in [0, 0.05) is 11.6 Å². The number of hydrogen-bond donors (Lipinski definition) is 0. The fraction of sp³-hybridized carbons (Fsp3) is 0.889. The van der Waals surface area contributed by atoms with Gasteiger partial charge in [0.15, 0.2) is 4.75 Å². The van der Waals surface area contributed by atoms with Crippen LogP contribution in [0.2, 0.25) is 0 Å². The number of rotatable bonds is 7. The summed E-state index contributed by atoms with van der Waals surface area (Å²) in [4.78, 5) is 15.9. The summed E-state index contributed by atoms with van der Waals surface area (Å²) in [5.41, 5.74) is -0.219. The third kappa shape index (κ3) is 7.71. The van der Waals surface area contributed by atoms with Crippen molar-refractivity contribution < 1.29 is 13.7 Å². The van der Waals surface area contributed by atoms with Crippen LogP contribution in [0.4, 0.5) is 0 Å². The monoisotopic (exact) mass is 344 g/mol. The van der Waals surface area contributed by atoms with Gasteiger partial charge in [0.25, 0.3) is 0 Å². The van der Waals surface area contributed by atoms with E-state index in [-0.39, 0.29) is 33.9 Å². The first-order valence-electron chi connectivity index (χ1n) is 8.43. The number of esters is 1. The van der Waals surface area contributed by atoms with Crippen molar-refractivity contribution in [3.05, 3.63) is 0 Å². The molecule has 4 nitrogen and oxygen atoms in total. The number of aliphatic imine (C=N–C) groups is 1. The van der Waals surface area contributed by atoms with Gasteiger partial charge in [-0.25, -0.2) is 0 Å². The lowest BCUT2D eigenvalue weighted by atomic mass is 9.67. The van der Waals surface area contributed by atoms with Crippen LogP contribution < -0.4 is 0 Å². The molecule has 1 rings (SSSR count). The molecular weight excluding hydrogens is 310 g/mol. The standard InChI is InChI=1S/C18H34NO3S/c1-16(2,3)22-15(20)13-19-12-11-18(9-8-10-18)14-21-23(7)17(4,5)6/h12H,8-11,13-14H2,1-7H3/q+1. The van der Waals surface area contributed by atoms with Crippen molar-refractivity contribution in [1.82, 2.24) is 0 Å². The molecule has 1 saturated carbocycles. The molecule has 0 radical (unpaired) electrons. The van der Waals surface area contributed by atoms with E-state index in [9.17, 15) is 4.79 Å². The van der Waals surface area contributed by atoms with Crippen molar-refractivity contribution in [3.8, 4) is 0 Å². The van der Waals surface area contributed by atoms with Crippen molar-refractivity contribution in [2.45, 2.75) is 77.6 Å². The van der Waals surface area contributed by atoms with E-state index in [0.717, 1.165) is 13.0 Å². The van der Waals surface area contributed by atoms with Gasteiger partial charge in [0.05, 0.1) is 0 Å². The van der Waals surface area contributed by atoms with Gasteiger partial charge in [-0.3, -0.25) is 9.79 Å². The van der Waals surface area contributed by atoms with E-state index in [4.69, 9.17) is 8.92 Å². The van der Waals surface area contributed by atoms with Crippen molar-refractivity contribution in [2.75, 3.05) is 19.4 Å². The molecule has 1 aliphatic carbocycles. The highest BCUT2D eigenvalue weighted by Crippen LogP contribution is 2.44. The Kier molecular flexibility index (Phi) is 7.14. The maximum atomic E-state index is 11.6. The summed E-state index contributed by atoms with van der Waals surface area (Å²) >= 11 is -0.0462. The van der Waals surface area contributed by atoms with Crippen LogP contribution in [0.5, 0.6) is 0 Å². The minimum atomic E-state index is -0.445. The number of carbonyl (C=O) groups excluding carboxylic acids is 1. The maximum Gasteiger partial charge on any atom is 0.328 e. The molecule has 1 aliphatic rings. The van der Waals surface area contributed by atoms with Crippen LogP contribution in [0.15, 0.2) is 4.99 Å². The van der Waals surface area contributed by atoms with E-state index in [2.05, 4.69) is 32.0 Å². The maximum absolute atomic E-state index is 11.6. The summed E-state index contributed by atoms with van der Waals surface area (Å²) in [6.45, 7) is 13.1. The highest BCUT2D eigenvalue weighted by molar-refractivity contribution is 7.93. The topological polar surface area (TPSA) is 47.9 Å². The number of ether oxygens (including phenoxy) is 1. The summed E-state index contributed by atoms with van der Waals surface area (Å²) in [5.74, 6) is -0.268. The smallest absolute Gasteiger partial charge is 0.328 e. The molecule has 0 amide bonds. The Labute approximate surface area is 145 Å². The molecule has 23 heavy (non-hydrogen) atoms. The molecule has 134 valence electrons. The van der Waals surface area contributed by atoms with Gasteiger partial charge in [-0.1, -0.05) is 6.42 Å². The Morgan fingerprint density at radius 2 is 1.83 bits per heavy atom. The van der Waals surface area contributed by atoms with E-state index in [1.807, 2.05) is 27.0 Å². The predicted octanol–water partition coefficient (Wildman–Crippen LogP) is 3.94. The molecule has 1 fully saturated rings. The average Bonchev–Trinajstić information content (AvgIpc) is 2.32. The summed E-state index contributed by atoms with van der Waals surface area (Å²) in [6.07, 6.45) is 8.58. The molecule has 0 saturated heterocycles. The third-order valence-electron chi connectivity index (χ3n) is 4.11. The Morgan fingerprint density at radius 1 is 1.22 bits per heavy atom. The lowest BCUT2D eigenvalue weighted by molar-refractivity contribution is -0.152. The minimum Gasteiger partial charge on any atom is -0.459 e. The van der Waals surface area contributed by atoms with Gasteiger partial charge >= 0.3 is 5.97 Å². The van der Waals surface area contributed by atoms with E-state index in [1.54, 1.807) is 0 Å². The molecule has 1 unspecified atom stereocenters. The fourth-order valence-electron chi connectivity index (χ4n) is 2.25. The predicted molar refractivity (Wildman–Crippen MR) is 99.1 cm³/mol. The van der Waals surface area contributed by atoms with Crippen molar-refractivity contribution >= 4 is 23.4 Å². The zero-order valence-electron chi connectivity index (χ0n) is 15.9.